The predicted octanol–water partition coefficient (Wildman–Crippen LogP) is 2.30. The Hall–Kier alpha value is -1.75. The molecule has 5 heteroatoms. The van der Waals surface area contributed by atoms with Crippen molar-refractivity contribution >= 4 is 5.96 Å². The van der Waals surface area contributed by atoms with Crippen LogP contribution in [-0.4, -0.2) is 68.2 Å². The van der Waals surface area contributed by atoms with Crippen molar-refractivity contribution in [2.24, 2.45) is 4.99 Å². The van der Waals surface area contributed by atoms with Gasteiger partial charge >= 0.3 is 0 Å². The third-order valence-electron chi connectivity index (χ3n) is 5.92. The van der Waals surface area contributed by atoms with Crippen molar-refractivity contribution in [1.82, 2.24) is 15.1 Å². The summed E-state index contributed by atoms with van der Waals surface area (Å²) in [6, 6.07) is 9.15. The van der Waals surface area contributed by atoms with Gasteiger partial charge in [0, 0.05) is 38.6 Å². The van der Waals surface area contributed by atoms with Crippen LogP contribution >= 0.6 is 0 Å². The molecule has 2 atom stereocenters. The molecule has 0 aromatic heterocycles. The second-order valence-electron chi connectivity index (χ2n) is 7.43. The van der Waals surface area contributed by atoms with E-state index in [9.17, 15) is 0 Å². The molecule has 3 aliphatic rings. The lowest BCUT2D eigenvalue weighted by Gasteiger charge is -2.29. The van der Waals surface area contributed by atoms with E-state index < -0.39 is 0 Å². The number of likely N-dealkylation sites (tertiary alicyclic amines) is 2. The first-order chi connectivity index (χ1) is 12.3. The number of para-hydroxylation sites is 1. The van der Waals surface area contributed by atoms with Crippen LogP contribution in [0.3, 0.4) is 0 Å². The summed E-state index contributed by atoms with van der Waals surface area (Å²) in [4.78, 5) is 9.66. The lowest BCUT2D eigenvalue weighted by Crippen LogP contribution is -2.44. The minimum absolute atomic E-state index is 0.499. The number of guanidine groups is 1. The number of ether oxygens (including phenoxy) is 1. The molecule has 1 aromatic carbocycles. The van der Waals surface area contributed by atoms with E-state index in [4.69, 9.17) is 4.74 Å². The Labute approximate surface area is 151 Å². The van der Waals surface area contributed by atoms with Crippen LogP contribution < -0.4 is 10.1 Å². The zero-order chi connectivity index (χ0) is 17.1. The fourth-order valence-corrected chi connectivity index (χ4v) is 4.51. The van der Waals surface area contributed by atoms with Crippen molar-refractivity contribution < 1.29 is 4.74 Å². The number of hydrogen-bond donors (Lipinski definition) is 1. The van der Waals surface area contributed by atoms with Crippen LogP contribution in [0.25, 0.3) is 0 Å². The van der Waals surface area contributed by atoms with Crippen molar-refractivity contribution in [3.63, 3.8) is 0 Å². The van der Waals surface area contributed by atoms with E-state index in [2.05, 4.69) is 44.4 Å². The lowest BCUT2D eigenvalue weighted by molar-refractivity contribution is 0.248. The van der Waals surface area contributed by atoms with E-state index >= 15 is 0 Å². The third kappa shape index (κ3) is 3.61. The fourth-order valence-electron chi connectivity index (χ4n) is 4.51. The molecule has 1 aromatic rings. The van der Waals surface area contributed by atoms with Gasteiger partial charge in [0.15, 0.2) is 5.96 Å². The summed E-state index contributed by atoms with van der Waals surface area (Å²) in [5.74, 6) is 2.61. The molecule has 0 radical (unpaired) electrons. The highest BCUT2D eigenvalue weighted by Gasteiger charge is 2.31. The highest BCUT2D eigenvalue weighted by molar-refractivity contribution is 5.80. The molecule has 25 heavy (non-hydrogen) atoms. The Morgan fingerprint density at radius 1 is 1.20 bits per heavy atom. The molecule has 5 nitrogen and oxygen atoms in total. The Morgan fingerprint density at radius 2 is 2.04 bits per heavy atom. The summed E-state index contributed by atoms with van der Waals surface area (Å²) in [5, 5.41) is 3.63. The Bertz CT molecular complexity index is 611. The molecule has 0 saturated carbocycles. The number of hydrogen-bond acceptors (Lipinski definition) is 3. The van der Waals surface area contributed by atoms with Gasteiger partial charge in [-0.2, -0.15) is 0 Å². The van der Waals surface area contributed by atoms with Crippen molar-refractivity contribution in [2.45, 2.75) is 37.6 Å². The Kier molecular flexibility index (Phi) is 5.11. The summed E-state index contributed by atoms with van der Waals surface area (Å²) in [6.45, 7) is 6.53. The first-order valence-corrected chi connectivity index (χ1v) is 9.76. The number of aliphatic imine (C=N–C) groups is 1. The quantitative estimate of drug-likeness (QED) is 0.676. The maximum atomic E-state index is 5.78. The average molecular weight is 342 g/mol. The summed E-state index contributed by atoms with van der Waals surface area (Å²) >= 11 is 0. The van der Waals surface area contributed by atoms with Crippen LogP contribution in [0, 0.1) is 0 Å². The van der Waals surface area contributed by atoms with Crippen molar-refractivity contribution in [2.75, 3.05) is 46.4 Å². The van der Waals surface area contributed by atoms with E-state index in [1.807, 2.05) is 7.05 Å². The topological polar surface area (TPSA) is 40.1 Å². The van der Waals surface area contributed by atoms with Crippen LogP contribution in [0.1, 0.15) is 37.2 Å². The first kappa shape index (κ1) is 16.7. The lowest BCUT2D eigenvalue weighted by atomic mass is 9.93. The highest BCUT2D eigenvalue weighted by Crippen LogP contribution is 2.32. The normalized spacial score (nSPS) is 27.2. The molecule has 1 N–H and O–H groups in total. The minimum Gasteiger partial charge on any atom is -0.493 e. The highest BCUT2D eigenvalue weighted by atomic mass is 16.5. The maximum absolute atomic E-state index is 5.78. The monoisotopic (exact) mass is 342 g/mol. The van der Waals surface area contributed by atoms with Gasteiger partial charge in [-0.05, 0) is 50.4 Å². The van der Waals surface area contributed by atoms with E-state index in [1.54, 1.807) is 0 Å². The molecule has 3 heterocycles. The number of nitrogens with zero attached hydrogens (tertiary/aromatic N) is 3. The number of fused-ring (bicyclic) bond motifs is 1. The van der Waals surface area contributed by atoms with Crippen molar-refractivity contribution in [3.05, 3.63) is 29.8 Å². The summed E-state index contributed by atoms with van der Waals surface area (Å²) < 4.78 is 5.78. The van der Waals surface area contributed by atoms with Crippen molar-refractivity contribution in [3.8, 4) is 5.75 Å². The molecular formula is C20H30N4O. The average Bonchev–Trinajstić information content (AvgIpc) is 3.34. The Morgan fingerprint density at radius 3 is 2.88 bits per heavy atom. The summed E-state index contributed by atoms with van der Waals surface area (Å²) in [7, 11) is 1.91. The maximum Gasteiger partial charge on any atom is 0.193 e. The molecule has 0 amide bonds. The third-order valence-corrected chi connectivity index (χ3v) is 5.92. The van der Waals surface area contributed by atoms with E-state index in [1.165, 1.54) is 37.9 Å². The molecule has 3 aliphatic heterocycles. The molecule has 0 bridgehead atoms. The van der Waals surface area contributed by atoms with Crippen molar-refractivity contribution in [1.29, 1.82) is 0 Å². The Balaban J connectivity index is 1.34. The first-order valence-electron chi connectivity index (χ1n) is 9.76. The van der Waals surface area contributed by atoms with Crippen LogP contribution in [0.2, 0.25) is 0 Å². The molecule has 136 valence electrons. The van der Waals surface area contributed by atoms with Gasteiger partial charge in [0.2, 0.25) is 0 Å². The van der Waals surface area contributed by atoms with Crippen LogP contribution in [0.15, 0.2) is 29.3 Å². The SMILES string of the molecule is CN=C(NCC1CCOc2ccccc21)N1CCC(N2CCCC2)C1. The summed E-state index contributed by atoms with van der Waals surface area (Å²) in [5.41, 5.74) is 1.33. The van der Waals surface area contributed by atoms with Gasteiger partial charge < -0.3 is 15.0 Å². The van der Waals surface area contributed by atoms with Crippen LogP contribution in [0.4, 0.5) is 0 Å². The standard InChI is InChI=1S/C20H30N4O/c1-21-20(24-12-8-17(15-24)23-10-4-5-11-23)22-14-16-9-13-25-19-7-3-2-6-18(16)19/h2-3,6-7,16-17H,4-5,8-15H2,1H3,(H,21,22). The molecule has 0 spiro atoms. The zero-order valence-corrected chi connectivity index (χ0v) is 15.3. The van der Waals surface area contributed by atoms with Crippen LogP contribution in [0.5, 0.6) is 5.75 Å². The van der Waals surface area contributed by atoms with E-state index in [-0.39, 0.29) is 0 Å². The minimum atomic E-state index is 0.499. The smallest absolute Gasteiger partial charge is 0.193 e. The van der Waals surface area contributed by atoms with Gasteiger partial charge in [-0.25, -0.2) is 0 Å². The number of rotatable bonds is 3. The number of benzene rings is 1. The molecule has 2 unspecified atom stereocenters. The van der Waals surface area contributed by atoms with E-state index in [0.717, 1.165) is 44.4 Å². The van der Waals surface area contributed by atoms with Crippen LogP contribution in [-0.2, 0) is 0 Å². The number of nitrogens with one attached hydrogen (secondary N) is 1. The van der Waals surface area contributed by atoms with Gasteiger partial charge in [0.05, 0.1) is 6.61 Å². The molecular weight excluding hydrogens is 312 g/mol. The van der Waals surface area contributed by atoms with Gasteiger partial charge in [0.25, 0.3) is 0 Å². The largest absolute Gasteiger partial charge is 0.493 e. The van der Waals surface area contributed by atoms with E-state index in [0.29, 0.717) is 12.0 Å². The fraction of sp³-hybridized carbons (Fsp3) is 0.650. The van der Waals surface area contributed by atoms with Gasteiger partial charge in [-0.15, -0.1) is 0 Å². The van der Waals surface area contributed by atoms with Gasteiger partial charge in [-0.3, -0.25) is 9.89 Å². The molecule has 0 aliphatic carbocycles. The summed E-state index contributed by atoms with van der Waals surface area (Å²) in [6.07, 6.45) is 5.07. The van der Waals surface area contributed by atoms with Gasteiger partial charge in [0.1, 0.15) is 5.75 Å². The predicted molar refractivity (Wildman–Crippen MR) is 101 cm³/mol. The zero-order valence-electron chi connectivity index (χ0n) is 15.3. The van der Waals surface area contributed by atoms with Gasteiger partial charge in [-0.1, -0.05) is 18.2 Å². The second-order valence-corrected chi connectivity index (χ2v) is 7.43. The molecule has 2 fully saturated rings. The second kappa shape index (κ2) is 7.65. The molecule has 2 saturated heterocycles. The molecule has 4 rings (SSSR count).